The summed E-state index contributed by atoms with van der Waals surface area (Å²) in [6, 6.07) is 6.25. The Bertz CT molecular complexity index is 529. The molecular weight excluding hydrogens is 294 g/mol. The third kappa shape index (κ3) is 6.82. The van der Waals surface area contributed by atoms with E-state index in [1.807, 2.05) is 32.9 Å². The molecule has 0 aliphatic rings. The Morgan fingerprint density at radius 3 is 2.17 bits per heavy atom. The average molecular weight is 321 g/mol. The number of ether oxygens (including phenoxy) is 1. The quantitative estimate of drug-likeness (QED) is 0.808. The number of aliphatic carboxylic acids is 1. The zero-order valence-electron chi connectivity index (χ0n) is 14.6. The van der Waals surface area contributed by atoms with Gasteiger partial charge in [-0.1, -0.05) is 26.0 Å². The van der Waals surface area contributed by atoms with Gasteiger partial charge in [-0.25, -0.2) is 4.79 Å². The van der Waals surface area contributed by atoms with Crippen LogP contribution in [0.4, 0.5) is 0 Å². The number of carboxylic acid groups (broad SMARTS) is 1. The molecule has 0 saturated heterocycles. The zero-order chi connectivity index (χ0) is 17.6. The third-order valence-electron chi connectivity index (χ3n) is 3.38. The van der Waals surface area contributed by atoms with Gasteiger partial charge in [-0.15, -0.1) is 0 Å². The Balaban J connectivity index is 2.65. The van der Waals surface area contributed by atoms with Crippen LogP contribution in [0.5, 0.6) is 0 Å². The molecule has 0 saturated carbocycles. The van der Waals surface area contributed by atoms with Crippen LogP contribution in [-0.4, -0.2) is 35.2 Å². The highest BCUT2D eigenvalue weighted by Crippen LogP contribution is 2.15. The first-order chi connectivity index (χ1) is 10.6. The normalized spacial score (nSPS) is 13.0. The van der Waals surface area contributed by atoms with E-state index in [9.17, 15) is 14.7 Å². The van der Waals surface area contributed by atoms with E-state index in [4.69, 9.17) is 4.74 Å². The summed E-state index contributed by atoms with van der Waals surface area (Å²) in [7, 11) is 0. The number of benzene rings is 1. The number of amides is 1. The molecule has 0 spiro atoms. The minimum absolute atomic E-state index is 0.225. The van der Waals surface area contributed by atoms with Gasteiger partial charge in [0.05, 0.1) is 5.60 Å². The molecule has 1 aromatic rings. The lowest BCUT2D eigenvalue weighted by Gasteiger charge is -2.21. The Kier molecular flexibility index (Phi) is 6.76. The van der Waals surface area contributed by atoms with E-state index in [0.29, 0.717) is 11.5 Å². The summed E-state index contributed by atoms with van der Waals surface area (Å²) < 4.78 is 5.52. The molecule has 5 nitrogen and oxygen atoms in total. The van der Waals surface area contributed by atoms with Gasteiger partial charge >= 0.3 is 5.97 Å². The van der Waals surface area contributed by atoms with Gasteiger partial charge in [-0.2, -0.15) is 0 Å². The molecule has 0 heterocycles. The number of carbonyl (C=O) groups is 2. The number of rotatable bonds is 7. The number of nitrogens with one attached hydrogen (secondary N) is 1. The van der Waals surface area contributed by atoms with Crippen molar-refractivity contribution in [2.45, 2.75) is 58.6 Å². The molecule has 23 heavy (non-hydrogen) atoms. The molecule has 0 radical (unpaired) electrons. The van der Waals surface area contributed by atoms with Crippen LogP contribution in [0.25, 0.3) is 0 Å². The molecule has 1 atom stereocenters. The minimum atomic E-state index is -1.06. The number of hydrogen-bond donors (Lipinski definition) is 2. The SMILES string of the molecule is CC(C)c1ccc(C(=O)NC(CCOC(C)(C)C)C(=O)O)cc1. The van der Waals surface area contributed by atoms with Crippen LogP contribution in [0.1, 0.15) is 62.9 Å². The fourth-order valence-electron chi connectivity index (χ4n) is 2.00. The minimum Gasteiger partial charge on any atom is -0.480 e. The Morgan fingerprint density at radius 2 is 1.74 bits per heavy atom. The molecule has 128 valence electrons. The molecule has 1 aromatic carbocycles. The summed E-state index contributed by atoms with van der Waals surface area (Å²) in [4.78, 5) is 23.5. The van der Waals surface area contributed by atoms with Gasteiger partial charge in [-0.05, 0) is 44.4 Å². The van der Waals surface area contributed by atoms with Gasteiger partial charge in [0, 0.05) is 18.6 Å². The predicted octanol–water partition coefficient (Wildman–Crippen LogP) is 3.20. The summed E-state index contributed by atoms with van der Waals surface area (Å²) >= 11 is 0. The first kappa shape index (κ1) is 19.2. The van der Waals surface area contributed by atoms with Crippen LogP contribution >= 0.6 is 0 Å². The molecule has 0 aliphatic carbocycles. The van der Waals surface area contributed by atoms with Crippen LogP contribution in [0.15, 0.2) is 24.3 Å². The van der Waals surface area contributed by atoms with Gasteiger partial charge in [0.15, 0.2) is 0 Å². The van der Waals surface area contributed by atoms with E-state index in [2.05, 4.69) is 19.2 Å². The van der Waals surface area contributed by atoms with Crippen LogP contribution in [0, 0.1) is 0 Å². The second kappa shape index (κ2) is 8.11. The summed E-state index contributed by atoms with van der Waals surface area (Å²) in [5.74, 6) is -1.06. The number of carbonyl (C=O) groups excluding carboxylic acids is 1. The second-order valence-electron chi connectivity index (χ2n) is 6.89. The average Bonchev–Trinajstić information content (AvgIpc) is 2.44. The van der Waals surface area contributed by atoms with Crippen molar-refractivity contribution >= 4 is 11.9 Å². The van der Waals surface area contributed by atoms with Crippen molar-refractivity contribution in [1.82, 2.24) is 5.32 Å². The summed E-state index contributed by atoms with van der Waals surface area (Å²) in [5, 5.41) is 11.8. The lowest BCUT2D eigenvalue weighted by molar-refractivity contribution is -0.140. The fourth-order valence-corrected chi connectivity index (χ4v) is 2.00. The van der Waals surface area contributed by atoms with Crippen LogP contribution in [-0.2, 0) is 9.53 Å². The predicted molar refractivity (Wildman–Crippen MR) is 89.7 cm³/mol. The molecule has 1 rings (SSSR count). The number of carboxylic acids is 1. The molecule has 0 aromatic heterocycles. The summed E-state index contributed by atoms with van der Waals surface area (Å²) in [6.45, 7) is 10.1. The zero-order valence-corrected chi connectivity index (χ0v) is 14.6. The van der Waals surface area contributed by atoms with Crippen molar-refractivity contribution in [3.63, 3.8) is 0 Å². The monoisotopic (exact) mass is 321 g/mol. The molecule has 2 N–H and O–H groups in total. The third-order valence-corrected chi connectivity index (χ3v) is 3.38. The highest BCUT2D eigenvalue weighted by atomic mass is 16.5. The lowest BCUT2D eigenvalue weighted by atomic mass is 10.0. The van der Waals surface area contributed by atoms with Gasteiger partial charge in [0.2, 0.25) is 0 Å². The molecule has 0 aliphatic heterocycles. The Labute approximate surface area is 138 Å². The van der Waals surface area contributed by atoms with E-state index in [0.717, 1.165) is 5.56 Å². The van der Waals surface area contributed by atoms with Crippen molar-refractivity contribution < 1.29 is 19.4 Å². The summed E-state index contributed by atoms with van der Waals surface area (Å²) in [6.07, 6.45) is 0.225. The number of hydrogen-bond acceptors (Lipinski definition) is 3. The van der Waals surface area contributed by atoms with Gasteiger partial charge < -0.3 is 15.2 Å². The van der Waals surface area contributed by atoms with E-state index in [1.54, 1.807) is 12.1 Å². The maximum atomic E-state index is 12.2. The van der Waals surface area contributed by atoms with Crippen molar-refractivity contribution in [3.8, 4) is 0 Å². The molecular formula is C18H27NO4. The smallest absolute Gasteiger partial charge is 0.326 e. The standard InChI is InChI=1S/C18H27NO4/c1-12(2)13-6-8-14(9-7-13)16(20)19-15(17(21)22)10-11-23-18(3,4)5/h6-9,12,15H,10-11H2,1-5H3,(H,19,20)(H,21,22). The largest absolute Gasteiger partial charge is 0.480 e. The fraction of sp³-hybridized carbons (Fsp3) is 0.556. The molecule has 0 fully saturated rings. The second-order valence-corrected chi connectivity index (χ2v) is 6.89. The maximum absolute atomic E-state index is 12.2. The van der Waals surface area contributed by atoms with E-state index >= 15 is 0 Å². The van der Waals surface area contributed by atoms with Gasteiger partial charge in [-0.3, -0.25) is 4.79 Å². The molecule has 5 heteroatoms. The first-order valence-corrected chi connectivity index (χ1v) is 7.87. The maximum Gasteiger partial charge on any atom is 0.326 e. The van der Waals surface area contributed by atoms with Crippen molar-refractivity contribution in [2.24, 2.45) is 0 Å². The van der Waals surface area contributed by atoms with Crippen LogP contribution in [0.2, 0.25) is 0 Å². The highest BCUT2D eigenvalue weighted by molar-refractivity contribution is 5.96. The van der Waals surface area contributed by atoms with Crippen molar-refractivity contribution in [3.05, 3.63) is 35.4 Å². The molecule has 1 amide bonds. The van der Waals surface area contributed by atoms with Crippen molar-refractivity contribution in [1.29, 1.82) is 0 Å². The van der Waals surface area contributed by atoms with E-state index < -0.39 is 12.0 Å². The first-order valence-electron chi connectivity index (χ1n) is 7.87. The van der Waals surface area contributed by atoms with Crippen LogP contribution < -0.4 is 5.32 Å². The lowest BCUT2D eigenvalue weighted by Crippen LogP contribution is -2.42. The topological polar surface area (TPSA) is 75.6 Å². The van der Waals surface area contributed by atoms with Gasteiger partial charge in [0.25, 0.3) is 5.91 Å². The van der Waals surface area contributed by atoms with Crippen molar-refractivity contribution in [2.75, 3.05) is 6.61 Å². The highest BCUT2D eigenvalue weighted by Gasteiger charge is 2.21. The van der Waals surface area contributed by atoms with Gasteiger partial charge in [0.1, 0.15) is 6.04 Å². The van der Waals surface area contributed by atoms with E-state index in [-0.39, 0.29) is 24.5 Å². The molecule has 1 unspecified atom stereocenters. The summed E-state index contributed by atoms with van der Waals surface area (Å²) in [5.41, 5.74) is 1.26. The Morgan fingerprint density at radius 1 is 1.17 bits per heavy atom. The Hall–Kier alpha value is -1.88. The van der Waals surface area contributed by atoms with E-state index in [1.165, 1.54) is 0 Å². The molecule has 0 bridgehead atoms. The van der Waals surface area contributed by atoms with Crippen LogP contribution in [0.3, 0.4) is 0 Å².